The number of thiol groups is 1. The van der Waals surface area contributed by atoms with Crippen molar-refractivity contribution in [3.63, 3.8) is 0 Å². The van der Waals surface area contributed by atoms with Crippen molar-refractivity contribution in [3.8, 4) is 11.5 Å². The molecule has 1 aliphatic heterocycles. The summed E-state index contributed by atoms with van der Waals surface area (Å²) >= 11 is 4.42. The summed E-state index contributed by atoms with van der Waals surface area (Å²) in [7, 11) is 5.46. The maximum absolute atomic E-state index is 5.35. The van der Waals surface area contributed by atoms with Gasteiger partial charge in [-0.05, 0) is 7.05 Å². The van der Waals surface area contributed by atoms with Crippen molar-refractivity contribution in [2.24, 2.45) is 0 Å². The zero-order valence-corrected chi connectivity index (χ0v) is 12.0. The fourth-order valence-electron chi connectivity index (χ4n) is 2.13. The SMILES string of the molecule is COc1cc(N2CCN(C)CC2)cc(OC)c1S. The molecular formula is C13H20N2O2S. The highest BCUT2D eigenvalue weighted by Gasteiger charge is 2.17. The Hall–Kier alpha value is -1.07. The average Bonchev–Trinajstić information content (AvgIpc) is 2.40. The van der Waals surface area contributed by atoms with Crippen molar-refractivity contribution in [1.82, 2.24) is 4.90 Å². The van der Waals surface area contributed by atoms with Crippen LogP contribution in [0.2, 0.25) is 0 Å². The van der Waals surface area contributed by atoms with E-state index in [0.29, 0.717) is 0 Å². The highest BCUT2D eigenvalue weighted by molar-refractivity contribution is 7.80. The second-order valence-electron chi connectivity index (χ2n) is 4.49. The first kappa shape index (κ1) is 13.4. The number of nitrogens with zero attached hydrogens (tertiary/aromatic N) is 2. The van der Waals surface area contributed by atoms with Crippen LogP contribution in [0.4, 0.5) is 5.69 Å². The first-order valence-corrected chi connectivity index (χ1v) is 6.49. The minimum atomic E-state index is 0.748. The maximum Gasteiger partial charge on any atom is 0.137 e. The number of piperazine rings is 1. The van der Waals surface area contributed by atoms with Gasteiger partial charge in [-0.25, -0.2) is 0 Å². The van der Waals surface area contributed by atoms with E-state index in [-0.39, 0.29) is 0 Å². The largest absolute Gasteiger partial charge is 0.495 e. The molecule has 0 aliphatic carbocycles. The van der Waals surface area contributed by atoms with Crippen LogP contribution in [-0.2, 0) is 0 Å². The van der Waals surface area contributed by atoms with E-state index in [2.05, 4.69) is 29.5 Å². The predicted molar refractivity (Wildman–Crippen MR) is 76.5 cm³/mol. The van der Waals surface area contributed by atoms with E-state index >= 15 is 0 Å². The van der Waals surface area contributed by atoms with Crippen molar-refractivity contribution in [2.75, 3.05) is 52.3 Å². The number of methoxy groups -OCH3 is 2. The molecule has 0 bridgehead atoms. The van der Waals surface area contributed by atoms with Crippen LogP contribution in [0.3, 0.4) is 0 Å². The molecule has 1 saturated heterocycles. The molecule has 2 rings (SSSR count). The van der Waals surface area contributed by atoms with Gasteiger partial charge >= 0.3 is 0 Å². The zero-order valence-electron chi connectivity index (χ0n) is 11.1. The molecule has 0 atom stereocenters. The lowest BCUT2D eigenvalue weighted by molar-refractivity contribution is 0.312. The molecule has 0 unspecified atom stereocenters. The Balaban J connectivity index is 2.27. The smallest absolute Gasteiger partial charge is 0.137 e. The lowest BCUT2D eigenvalue weighted by Gasteiger charge is -2.34. The Bertz CT molecular complexity index is 392. The molecule has 1 fully saturated rings. The third-order valence-corrected chi connectivity index (χ3v) is 3.77. The molecule has 1 aromatic carbocycles. The van der Waals surface area contributed by atoms with Crippen LogP contribution in [0.1, 0.15) is 0 Å². The molecule has 0 amide bonds. The van der Waals surface area contributed by atoms with Crippen LogP contribution >= 0.6 is 12.6 Å². The summed E-state index contributed by atoms with van der Waals surface area (Å²) in [5.41, 5.74) is 1.13. The zero-order chi connectivity index (χ0) is 13.1. The topological polar surface area (TPSA) is 24.9 Å². The van der Waals surface area contributed by atoms with Crippen molar-refractivity contribution >= 4 is 18.3 Å². The number of ether oxygens (including phenoxy) is 2. The van der Waals surface area contributed by atoms with Gasteiger partial charge < -0.3 is 19.3 Å². The van der Waals surface area contributed by atoms with Crippen molar-refractivity contribution < 1.29 is 9.47 Å². The van der Waals surface area contributed by atoms with E-state index in [4.69, 9.17) is 9.47 Å². The van der Waals surface area contributed by atoms with Gasteiger partial charge in [0.05, 0.1) is 19.1 Å². The lowest BCUT2D eigenvalue weighted by Crippen LogP contribution is -2.44. The second kappa shape index (κ2) is 5.71. The number of hydrogen-bond donors (Lipinski definition) is 1. The first-order valence-electron chi connectivity index (χ1n) is 6.04. The van der Waals surface area contributed by atoms with Gasteiger partial charge in [0.1, 0.15) is 11.5 Å². The molecule has 0 radical (unpaired) electrons. The van der Waals surface area contributed by atoms with Crippen LogP contribution in [-0.4, -0.2) is 52.3 Å². The number of anilines is 1. The van der Waals surface area contributed by atoms with Crippen LogP contribution in [0, 0.1) is 0 Å². The van der Waals surface area contributed by atoms with Crippen LogP contribution in [0.5, 0.6) is 11.5 Å². The normalized spacial score (nSPS) is 16.8. The molecular weight excluding hydrogens is 248 g/mol. The Morgan fingerprint density at radius 3 is 1.94 bits per heavy atom. The third kappa shape index (κ3) is 2.67. The summed E-state index contributed by atoms with van der Waals surface area (Å²) in [6.45, 7) is 4.20. The maximum atomic E-state index is 5.35. The average molecular weight is 268 g/mol. The van der Waals surface area contributed by atoms with E-state index in [0.717, 1.165) is 48.3 Å². The molecule has 1 aromatic rings. The minimum Gasteiger partial charge on any atom is -0.495 e. The standard InChI is InChI=1S/C13H20N2O2S/c1-14-4-6-15(7-5-14)10-8-11(16-2)13(18)12(9-10)17-3/h8-9,18H,4-7H2,1-3H3. The molecule has 0 spiro atoms. The molecule has 0 saturated carbocycles. The van der Waals surface area contributed by atoms with Gasteiger partial charge in [-0.3, -0.25) is 0 Å². The van der Waals surface area contributed by atoms with Crippen LogP contribution in [0.25, 0.3) is 0 Å². The summed E-state index contributed by atoms with van der Waals surface area (Å²) in [6.07, 6.45) is 0. The Labute approximate surface area is 114 Å². The minimum absolute atomic E-state index is 0.748. The van der Waals surface area contributed by atoms with Gasteiger partial charge in [-0.2, -0.15) is 0 Å². The number of likely N-dealkylation sites (N-methyl/N-ethyl adjacent to an activating group) is 1. The van der Waals surface area contributed by atoms with Gasteiger partial charge in [-0.1, -0.05) is 0 Å². The summed E-state index contributed by atoms with van der Waals surface area (Å²) < 4.78 is 10.7. The molecule has 0 N–H and O–H groups in total. The quantitative estimate of drug-likeness (QED) is 0.844. The molecule has 0 aromatic heterocycles. The predicted octanol–water partition coefficient (Wildman–Crippen LogP) is 1.74. The highest BCUT2D eigenvalue weighted by Crippen LogP contribution is 2.37. The highest BCUT2D eigenvalue weighted by atomic mass is 32.1. The number of rotatable bonds is 3. The molecule has 4 nitrogen and oxygen atoms in total. The van der Waals surface area contributed by atoms with Gasteiger partial charge in [0.15, 0.2) is 0 Å². The number of hydrogen-bond acceptors (Lipinski definition) is 5. The molecule has 5 heteroatoms. The van der Waals surface area contributed by atoms with Gasteiger partial charge in [0.2, 0.25) is 0 Å². The van der Waals surface area contributed by atoms with Crippen LogP contribution in [0.15, 0.2) is 17.0 Å². The Morgan fingerprint density at radius 2 is 1.50 bits per heavy atom. The van der Waals surface area contributed by atoms with Gasteiger partial charge in [-0.15, -0.1) is 12.6 Å². The van der Waals surface area contributed by atoms with Gasteiger partial charge in [0.25, 0.3) is 0 Å². The van der Waals surface area contributed by atoms with Crippen molar-refractivity contribution in [3.05, 3.63) is 12.1 Å². The van der Waals surface area contributed by atoms with E-state index < -0.39 is 0 Å². The van der Waals surface area contributed by atoms with E-state index in [1.165, 1.54) is 0 Å². The molecule has 1 heterocycles. The Kier molecular flexibility index (Phi) is 4.24. The van der Waals surface area contributed by atoms with Gasteiger partial charge in [0, 0.05) is 44.0 Å². The fraction of sp³-hybridized carbons (Fsp3) is 0.538. The number of benzene rings is 1. The lowest BCUT2D eigenvalue weighted by atomic mass is 10.2. The fourth-order valence-corrected chi connectivity index (χ4v) is 2.44. The van der Waals surface area contributed by atoms with Crippen molar-refractivity contribution in [2.45, 2.75) is 4.90 Å². The third-order valence-electron chi connectivity index (χ3n) is 3.33. The molecule has 100 valence electrons. The second-order valence-corrected chi connectivity index (χ2v) is 4.94. The Morgan fingerprint density at radius 1 is 1.00 bits per heavy atom. The van der Waals surface area contributed by atoms with E-state index in [1.54, 1.807) is 14.2 Å². The monoisotopic (exact) mass is 268 g/mol. The summed E-state index contributed by atoms with van der Waals surface area (Å²) in [5, 5.41) is 0. The van der Waals surface area contributed by atoms with E-state index in [1.807, 2.05) is 12.1 Å². The van der Waals surface area contributed by atoms with Crippen LogP contribution < -0.4 is 14.4 Å². The summed E-state index contributed by atoms with van der Waals surface area (Å²) in [4.78, 5) is 5.42. The first-order chi connectivity index (χ1) is 8.65. The summed E-state index contributed by atoms with van der Waals surface area (Å²) in [6, 6.07) is 4.05. The molecule has 18 heavy (non-hydrogen) atoms. The summed E-state index contributed by atoms with van der Waals surface area (Å²) in [5.74, 6) is 1.51. The van der Waals surface area contributed by atoms with Crippen molar-refractivity contribution in [1.29, 1.82) is 0 Å². The van der Waals surface area contributed by atoms with E-state index in [9.17, 15) is 0 Å². The molecule has 1 aliphatic rings.